The van der Waals surface area contributed by atoms with Gasteiger partial charge in [-0.15, -0.1) is 0 Å². The van der Waals surface area contributed by atoms with E-state index in [0.717, 1.165) is 19.8 Å². The molecule has 0 bridgehead atoms. The number of hydrogen-bond acceptors (Lipinski definition) is 1. The van der Waals surface area contributed by atoms with Gasteiger partial charge in [-0.05, 0) is 47.5 Å². The number of nitrogens with zero attached hydrogens (tertiary/aromatic N) is 1. The molecule has 1 fully saturated rings. The highest BCUT2D eigenvalue weighted by Gasteiger charge is 2.34. The Balaban J connectivity index is 1.42. The Hall–Kier alpha value is -3.56. The van der Waals surface area contributed by atoms with Gasteiger partial charge in [-0.25, -0.2) is 0 Å². The van der Waals surface area contributed by atoms with Crippen LogP contribution in [0.25, 0.3) is 54.7 Å². The second-order valence-corrected chi connectivity index (χ2v) is 9.57. The summed E-state index contributed by atoms with van der Waals surface area (Å²) in [5.74, 6) is 0. The van der Waals surface area contributed by atoms with Crippen LogP contribution in [-0.4, -0.2) is 22.8 Å². The van der Waals surface area contributed by atoms with Gasteiger partial charge in [0.2, 0.25) is 0 Å². The predicted molar refractivity (Wildman–Crippen MR) is 133 cm³/mol. The van der Waals surface area contributed by atoms with Crippen LogP contribution in [0, 0.1) is 5.41 Å². The van der Waals surface area contributed by atoms with Crippen LogP contribution < -0.4 is 0 Å². The Labute approximate surface area is 186 Å². The van der Waals surface area contributed by atoms with Gasteiger partial charge in [0.05, 0.1) is 13.2 Å². The van der Waals surface area contributed by atoms with Crippen LogP contribution in [0.2, 0.25) is 0 Å². The number of nitrogens with one attached hydrogen (secondary N) is 1. The number of aromatic nitrogens is 2. The predicted octanol–water partition coefficient (Wildman–Crippen LogP) is 7.13. The minimum absolute atomic E-state index is 0.216. The van der Waals surface area contributed by atoms with Crippen molar-refractivity contribution < 1.29 is 4.74 Å². The van der Waals surface area contributed by atoms with E-state index in [9.17, 15) is 0 Å². The van der Waals surface area contributed by atoms with Crippen LogP contribution in [0.4, 0.5) is 0 Å². The summed E-state index contributed by atoms with van der Waals surface area (Å²) in [5, 5.41) is 5.19. The molecule has 0 unspecified atom stereocenters. The molecule has 0 atom stereocenters. The molecule has 0 radical (unpaired) electrons. The molecule has 1 N–H and O–H groups in total. The zero-order valence-electron chi connectivity index (χ0n) is 18.1. The van der Waals surface area contributed by atoms with E-state index in [1.807, 2.05) is 0 Å². The number of rotatable bonds is 3. The molecule has 1 aliphatic heterocycles. The largest absolute Gasteiger partial charge is 0.380 e. The molecule has 0 amide bonds. The molecule has 3 heterocycles. The third-order valence-electron chi connectivity index (χ3n) is 7.05. The Morgan fingerprint density at radius 1 is 0.719 bits per heavy atom. The number of benzene rings is 4. The molecule has 0 aliphatic carbocycles. The van der Waals surface area contributed by atoms with Crippen molar-refractivity contribution in [3.63, 3.8) is 0 Å². The fourth-order valence-corrected chi connectivity index (χ4v) is 5.35. The summed E-state index contributed by atoms with van der Waals surface area (Å²) in [6, 6.07) is 31.0. The summed E-state index contributed by atoms with van der Waals surface area (Å²) in [5.41, 5.74) is 7.70. The summed E-state index contributed by atoms with van der Waals surface area (Å²) in [6.45, 7) is 4.98. The van der Waals surface area contributed by atoms with Crippen molar-refractivity contribution in [3.8, 4) is 11.1 Å². The van der Waals surface area contributed by atoms with Gasteiger partial charge in [0, 0.05) is 55.6 Å². The molecule has 0 spiro atoms. The molecular formula is C29H24N2O. The summed E-state index contributed by atoms with van der Waals surface area (Å²) < 4.78 is 8.02. The number of fused-ring (bicyclic) bond motifs is 6. The van der Waals surface area contributed by atoms with E-state index in [0.29, 0.717) is 0 Å². The van der Waals surface area contributed by atoms with Crippen molar-refractivity contribution in [1.29, 1.82) is 0 Å². The smallest absolute Gasteiger partial charge is 0.0559 e. The molecule has 1 aliphatic rings. The topological polar surface area (TPSA) is 29.9 Å². The van der Waals surface area contributed by atoms with Gasteiger partial charge >= 0.3 is 0 Å². The van der Waals surface area contributed by atoms with E-state index in [4.69, 9.17) is 4.74 Å². The van der Waals surface area contributed by atoms with E-state index in [2.05, 4.69) is 101 Å². The van der Waals surface area contributed by atoms with Crippen molar-refractivity contribution >= 4 is 43.6 Å². The van der Waals surface area contributed by atoms with Crippen molar-refractivity contribution in [1.82, 2.24) is 9.55 Å². The zero-order valence-corrected chi connectivity index (χ0v) is 18.1. The van der Waals surface area contributed by atoms with Gasteiger partial charge in [-0.2, -0.15) is 0 Å². The van der Waals surface area contributed by atoms with Crippen molar-refractivity contribution in [2.45, 2.75) is 13.5 Å². The molecular weight excluding hydrogens is 392 g/mol. The van der Waals surface area contributed by atoms with Crippen LogP contribution in [0.15, 0.2) is 84.9 Å². The first-order chi connectivity index (χ1) is 15.7. The van der Waals surface area contributed by atoms with Gasteiger partial charge in [0.1, 0.15) is 0 Å². The van der Waals surface area contributed by atoms with E-state index in [-0.39, 0.29) is 5.41 Å². The SMILES string of the molecule is CC1(Cn2c3ccccc3c3cc(-c4ccc5[nH]c6ccccc6c5c4)ccc32)COC1. The second kappa shape index (κ2) is 6.47. The zero-order chi connectivity index (χ0) is 21.3. The Morgan fingerprint density at radius 3 is 2.19 bits per heavy atom. The minimum Gasteiger partial charge on any atom is -0.380 e. The summed E-state index contributed by atoms with van der Waals surface area (Å²) in [7, 11) is 0. The number of para-hydroxylation sites is 2. The minimum atomic E-state index is 0.216. The van der Waals surface area contributed by atoms with Gasteiger partial charge in [-0.1, -0.05) is 55.5 Å². The van der Waals surface area contributed by atoms with E-state index < -0.39 is 0 Å². The molecule has 0 saturated carbocycles. The summed E-state index contributed by atoms with van der Waals surface area (Å²) in [4.78, 5) is 3.53. The van der Waals surface area contributed by atoms with Gasteiger partial charge in [0.15, 0.2) is 0 Å². The standard InChI is InChI=1S/C29H24N2O/c1-29(17-32-18-29)16-31-27-9-5-3-7-22(27)24-15-20(11-13-28(24)31)19-10-12-26-23(14-19)21-6-2-4-8-25(21)30-26/h2-15,30H,16-18H2,1H3. The average molecular weight is 417 g/mol. The molecule has 1 saturated heterocycles. The molecule has 3 heteroatoms. The second-order valence-electron chi connectivity index (χ2n) is 9.57. The first kappa shape index (κ1) is 18.1. The van der Waals surface area contributed by atoms with E-state index in [1.165, 1.54) is 54.7 Å². The highest BCUT2D eigenvalue weighted by molar-refractivity contribution is 6.11. The van der Waals surface area contributed by atoms with Gasteiger partial charge < -0.3 is 14.3 Å². The lowest BCUT2D eigenvalue weighted by atomic mass is 9.88. The maximum atomic E-state index is 5.53. The van der Waals surface area contributed by atoms with Crippen LogP contribution in [0.3, 0.4) is 0 Å². The van der Waals surface area contributed by atoms with Crippen molar-refractivity contribution in [2.24, 2.45) is 5.41 Å². The average Bonchev–Trinajstić information content (AvgIpc) is 3.33. The summed E-state index contributed by atoms with van der Waals surface area (Å²) in [6.07, 6.45) is 0. The number of H-pyrrole nitrogens is 1. The summed E-state index contributed by atoms with van der Waals surface area (Å²) >= 11 is 0. The maximum Gasteiger partial charge on any atom is 0.0559 e. The Kier molecular flexibility index (Phi) is 3.65. The monoisotopic (exact) mass is 416 g/mol. The first-order valence-corrected chi connectivity index (χ1v) is 11.3. The molecule has 32 heavy (non-hydrogen) atoms. The fraction of sp³-hybridized carbons (Fsp3) is 0.172. The normalized spacial score (nSPS) is 15.7. The lowest BCUT2D eigenvalue weighted by Crippen LogP contribution is -2.43. The molecule has 2 aromatic heterocycles. The lowest BCUT2D eigenvalue weighted by molar-refractivity contribution is -0.109. The Bertz CT molecular complexity index is 1650. The van der Waals surface area contributed by atoms with Crippen molar-refractivity contribution in [2.75, 3.05) is 13.2 Å². The Morgan fingerprint density at radius 2 is 1.38 bits per heavy atom. The van der Waals surface area contributed by atoms with Crippen LogP contribution in [-0.2, 0) is 11.3 Å². The maximum absolute atomic E-state index is 5.53. The molecule has 7 rings (SSSR count). The molecule has 4 aromatic carbocycles. The third-order valence-corrected chi connectivity index (χ3v) is 7.05. The van der Waals surface area contributed by atoms with E-state index >= 15 is 0 Å². The highest BCUT2D eigenvalue weighted by Crippen LogP contribution is 2.37. The van der Waals surface area contributed by atoms with Crippen molar-refractivity contribution in [3.05, 3.63) is 84.9 Å². The molecule has 3 nitrogen and oxygen atoms in total. The van der Waals surface area contributed by atoms with Gasteiger partial charge in [-0.3, -0.25) is 0 Å². The number of aromatic amines is 1. The highest BCUT2D eigenvalue weighted by atomic mass is 16.5. The fourth-order valence-electron chi connectivity index (χ4n) is 5.35. The van der Waals surface area contributed by atoms with E-state index in [1.54, 1.807) is 0 Å². The number of ether oxygens (including phenoxy) is 1. The number of hydrogen-bond donors (Lipinski definition) is 1. The lowest BCUT2D eigenvalue weighted by Gasteiger charge is -2.38. The molecule has 156 valence electrons. The van der Waals surface area contributed by atoms with Crippen LogP contribution >= 0.6 is 0 Å². The van der Waals surface area contributed by atoms with Crippen LogP contribution in [0.5, 0.6) is 0 Å². The van der Waals surface area contributed by atoms with Gasteiger partial charge in [0.25, 0.3) is 0 Å². The third kappa shape index (κ3) is 2.58. The quantitative estimate of drug-likeness (QED) is 0.327. The van der Waals surface area contributed by atoms with Crippen LogP contribution in [0.1, 0.15) is 6.92 Å². The molecule has 6 aromatic rings. The first-order valence-electron chi connectivity index (χ1n) is 11.3.